The maximum Gasteiger partial charge on any atom is 0.153 e. The lowest BCUT2D eigenvalue weighted by atomic mass is 10.2. The largest absolute Gasteiger partial charge is 0.392 e. The Bertz CT molecular complexity index is 2440. The molecule has 0 spiro atoms. The van der Waals surface area contributed by atoms with Crippen molar-refractivity contribution in [2.75, 3.05) is 0 Å². The van der Waals surface area contributed by atoms with Crippen molar-refractivity contribution in [3.05, 3.63) is 183 Å². The van der Waals surface area contributed by atoms with Gasteiger partial charge in [0.2, 0.25) is 0 Å². The van der Waals surface area contributed by atoms with Crippen molar-refractivity contribution < 1.29 is 20.1 Å². The zero-order valence-electron chi connectivity index (χ0n) is 31.0. The lowest BCUT2D eigenvalue weighted by molar-refractivity contribution is 0.112. The molecule has 3 N–H and O–H groups in total. The van der Waals surface area contributed by atoms with E-state index in [0.717, 1.165) is 40.2 Å². The van der Waals surface area contributed by atoms with Gasteiger partial charge in [-0.3, -0.25) is 4.79 Å². The summed E-state index contributed by atoms with van der Waals surface area (Å²) in [6.07, 6.45) is 11.2. The van der Waals surface area contributed by atoms with Gasteiger partial charge in [-0.1, -0.05) is 70.7 Å². The summed E-state index contributed by atoms with van der Waals surface area (Å²) in [5.41, 5.74) is 6.03. The second-order valence-electron chi connectivity index (χ2n) is 12.3. The number of aliphatic hydroxyl groups is 3. The number of carbonyl (C=O) groups is 1. The summed E-state index contributed by atoms with van der Waals surface area (Å²) in [4.78, 5) is 11.9. The van der Waals surface area contributed by atoms with Crippen LogP contribution in [0.1, 0.15) is 53.2 Å². The highest BCUT2D eigenvalue weighted by Crippen LogP contribution is 2.19. The molecule has 0 aliphatic carbocycles. The van der Waals surface area contributed by atoms with Crippen LogP contribution in [-0.4, -0.2) is 65.9 Å². The second-order valence-corrected chi connectivity index (χ2v) is 14.1. The van der Waals surface area contributed by atoms with Crippen LogP contribution >= 0.6 is 46.4 Å². The van der Waals surface area contributed by atoms with E-state index in [1.807, 2.05) is 72.8 Å². The molecular weight excluding hydrogens is 824 g/mol. The summed E-state index contributed by atoms with van der Waals surface area (Å²) in [5.74, 6) is 0. The third kappa shape index (κ3) is 12.7. The number of halogens is 4. The first kappa shape index (κ1) is 43.5. The molecule has 13 nitrogen and oxygen atoms in total. The van der Waals surface area contributed by atoms with E-state index in [0.29, 0.717) is 31.3 Å². The Morgan fingerprint density at radius 1 is 0.586 bits per heavy atom. The first-order valence-corrected chi connectivity index (χ1v) is 18.9. The lowest BCUT2D eigenvalue weighted by Gasteiger charge is -2.01. The van der Waals surface area contributed by atoms with Gasteiger partial charge in [-0.25, -0.2) is 14.0 Å². The molecule has 0 bridgehead atoms. The SMILES string of the molecule is CC(O)c1cnn(-c2cccc(Cl)c2)c1.CC(O)c1cnn(-c2cccc(Cl)c2)n1.O=Cc1cnn(-c2cccc(Cl)c2)c1.OCc1cnn(-c2cccc(Cl)c2)c1. The number of rotatable bonds is 8. The first-order valence-electron chi connectivity index (χ1n) is 17.4. The Morgan fingerprint density at radius 3 is 1.47 bits per heavy atom. The summed E-state index contributed by atoms with van der Waals surface area (Å²) < 4.78 is 4.97. The van der Waals surface area contributed by atoms with E-state index in [4.69, 9.17) is 51.5 Å². The van der Waals surface area contributed by atoms with Crippen LogP contribution in [0.2, 0.25) is 20.1 Å². The number of hydrogen-bond donors (Lipinski definition) is 3. The molecule has 4 heterocycles. The Kier molecular flexibility index (Phi) is 15.9. The highest BCUT2D eigenvalue weighted by atomic mass is 35.5. The number of carbonyl (C=O) groups excluding carboxylic acids is 1. The minimum Gasteiger partial charge on any atom is -0.392 e. The van der Waals surface area contributed by atoms with Crippen LogP contribution in [-0.2, 0) is 6.61 Å². The highest BCUT2D eigenvalue weighted by Gasteiger charge is 2.08. The van der Waals surface area contributed by atoms with Gasteiger partial charge in [0.05, 0.1) is 71.9 Å². The first-order chi connectivity index (χ1) is 27.9. The Balaban J connectivity index is 0.000000147. The summed E-state index contributed by atoms with van der Waals surface area (Å²) >= 11 is 23.4. The van der Waals surface area contributed by atoms with Crippen molar-refractivity contribution >= 4 is 52.7 Å². The van der Waals surface area contributed by atoms with Gasteiger partial charge >= 0.3 is 0 Å². The molecule has 4 aromatic heterocycles. The third-order valence-electron chi connectivity index (χ3n) is 7.84. The van der Waals surface area contributed by atoms with Crippen molar-refractivity contribution in [1.29, 1.82) is 0 Å². The van der Waals surface area contributed by atoms with Gasteiger partial charge in [-0.2, -0.15) is 30.3 Å². The average molecular weight is 862 g/mol. The molecule has 8 aromatic rings. The van der Waals surface area contributed by atoms with Crippen LogP contribution in [0.25, 0.3) is 22.7 Å². The van der Waals surface area contributed by atoms with Gasteiger partial charge in [-0.15, -0.1) is 0 Å². The number of aliphatic hydroxyl groups excluding tert-OH is 3. The fourth-order valence-electron chi connectivity index (χ4n) is 4.86. The smallest absolute Gasteiger partial charge is 0.153 e. The van der Waals surface area contributed by atoms with Crippen molar-refractivity contribution in [1.82, 2.24) is 44.3 Å². The lowest BCUT2D eigenvalue weighted by Crippen LogP contribution is -2.00. The molecular formula is C41H37Cl4N9O4. The highest BCUT2D eigenvalue weighted by molar-refractivity contribution is 6.31. The van der Waals surface area contributed by atoms with Gasteiger partial charge in [0.15, 0.2) is 6.29 Å². The molecule has 8 rings (SSSR count). The minimum atomic E-state index is -0.613. The molecule has 0 aliphatic rings. The van der Waals surface area contributed by atoms with Crippen LogP contribution in [0, 0.1) is 0 Å². The summed E-state index contributed by atoms with van der Waals surface area (Å²) in [6.45, 7) is 3.35. The number of aromatic nitrogens is 9. The molecule has 0 radical (unpaired) electrons. The number of benzene rings is 4. The second kappa shape index (κ2) is 21.2. The summed E-state index contributed by atoms with van der Waals surface area (Å²) in [5, 5.41) is 50.6. The van der Waals surface area contributed by atoms with E-state index in [1.165, 1.54) is 17.2 Å². The normalized spacial score (nSPS) is 11.5. The molecule has 58 heavy (non-hydrogen) atoms. The molecule has 0 amide bonds. The Morgan fingerprint density at radius 2 is 1.05 bits per heavy atom. The van der Waals surface area contributed by atoms with E-state index in [2.05, 4.69) is 25.5 Å². The van der Waals surface area contributed by atoms with Crippen LogP contribution < -0.4 is 0 Å². The predicted molar refractivity (Wildman–Crippen MR) is 225 cm³/mol. The van der Waals surface area contributed by atoms with Gasteiger partial charge in [0, 0.05) is 49.8 Å². The standard InChI is InChI=1S/C11H11ClN2O.C10H10ClN3O.C10H9ClN2O.C10H7ClN2O/c1-8(15)9-6-13-14(7-9)11-4-2-3-10(12)5-11;1-7(15)10-6-12-14(13-10)9-4-2-3-8(11)5-9;2*11-9-2-1-3-10(4-9)13-6-8(7-14)5-12-13/h2-8,15H,1H3;2-7,15H,1H3;1-6,14H,7H2;1-7H. The van der Waals surface area contributed by atoms with E-state index >= 15 is 0 Å². The number of aldehydes is 1. The maximum atomic E-state index is 10.4. The van der Waals surface area contributed by atoms with Crippen LogP contribution in [0.3, 0.4) is 0 Å². The van der Waals surface area contributed by atoms with Gasteiger partial charge in [-0.05, 0) is 86.6 Å². The number of hydrogen-bond acceptors (Lipinski definition) is 9. The molecule has 0 aliphatic heterocycles. The van der Waals surface area contributed by atoms with Crippen molar-refractivity contribution in [2.45, 2.75) is 32.7 Å². The molecule has 0 saturated heterocycles. The molecule has 4 aromatic carbocycles. The fourth-order valence-corrected chi connectivity index (χ4v) is 5.60. The van der Waals surface area contributed by atoms with E-state index in [1.54, 1.807) is 83.1 Å². The maximum absolute atomic E-state index is 10.4. The average Bonchev–Trinajstić information content (AvgIpc) is 4.06. The molecule has 0 fully saturated rings. The fraction of sp³-hybridized carbons (Fsp3) is 0.122. The van der Waals surface area contributed by atoms with Crippen LogP contribution in [0.5, 0.6) is 0 Å². The van der Waals surface area contributed by atoms with Gasteiger partial charge < -0.3 is 15.3 Å². The van der Waals surface area contributed by atoms with E-state index in [-0.39, 0.29) is 6.61 Å². The zero-order chi connectivity index (χ0) is 41.6. The van der Waals surface area contributed by atoms with Crippen molar-refractivity contribution in [3.8, 4) is 22.7 Å². The zero-order valence-corrected chi connectivity index (χ0v) is 34.0. The van der Waals surface area contributed by atoms with Gasteiger partial charge in [0.25, 0.3) is 0 Å². The van der Waals surface area contributed by atoms with Crippen molar-refractivity contribution in [2.24, 2.45) is 0 Å². The third-order valence-corrected chi connectivity index (χ3v) is 8.78. The Labute approximate surface area is 353 Å². The monoisotopic (exact) mass is 859 g/mol. The minimum absolute atomic E-state index is 0.000561. The van der Waals surface area contributed by atoms with Crippen molar-refractivity contribution in [3.63, 3.8) is 0 Å². The Hall–Kier alpha value is -5.64. The van der Waals surface area contributed by atoms with Crippen LogP contribution in [0.4, 0.5) is 0 Å². The van der Waals surface area contributed by atoms with E-state index < -0.39 is 12.2 Å². The molecule has 2 atom stereocenters. The molecule has 298 valence electrons. The molecule has 17 heteroatoms. The predicted octanol–water partition coefficient (Wildman–Crippen LogP) is 8.91. The van der Waals surface area contributed by atoms with E-state index in [9.17, 15) is 15.0 Å². The van der Waals surface area contributed by atoms with Crippen LogP contribution in [0.15, 0.2) is 140 Å². The van der Waals surface area contributed by atoms with Gasteiger partial charge in [0.1, 0.15) is 5.69 Å². The summed E-state index contributed by atoms with van der Waals surface area (Å²) in [6, 6.07) is 29.3. The molecule has 2 unspecified atom stereocenters. The molecule has 0 saturated carbocycles. The quantitative estimate of drug-likeness (QED) is 0.127. The number of nitrogens with zero attached hydrogens (tertiary/aromatic N) is 9. The summed E-state index contributed by atoms with van der Waals surface area (Å²) in [7, 11) is 0. The topological polar surface area (TPSA) is 162 Å².